The van der Waals surface area contributed by atoms with E-state index in [1.165, 1.54) is 6.07 Å². The highest BCUT2D eigenvalue weighted by atomic mass is 19.4. The molecule has 0 aliphatic carbocycles. The van der Waals surface area contributed by atoms with Crippen molar-refractivity contribution in [3.8, 4) is 0 Å². The van der Waals surface area contributed by atoms with Crippen LogP contribution in [0.4, 0.5) is 17.6 Å². The molecule has 0 bridgehead atoms. The topological polar surface area (TPSA) is 46.9 Å². The summed E-state index contributed by atoms with van der Waals surface area (Å²) >= 11 is 0. The first-order valence-corrected chi connectivity index (χ1v) is 8.22. The number of nitrogens with zero attached hydrogens (tertiary/aromatic N) is 2. The van der Waals surface area contributed by atoms with Crippen LogP contribution in [-0.2, 0) is 12.7 Å². The van der Waals surface area contributed by atoms with E-state index in [9.17, 15) is 22.7 Å². The Kier molecular flexibility index (Phi) is 6.79. The zero-order valence-electron chi connectivity index (χ0n) is 14.1. The van der Waals surface area contributed by atoms with Gasteiger partial charge in [-0.2, -0.15) is 13.2 Å². The van der Waals surface area contributed by atoms with Crippen molar-refractivity contribution in [2.24, 2.45) is 11.8 Å². The van der Waals surface area contributed by atoms with Crippen LogP contribution in [0.5, 0.6) is 0 Å². The number of aliphatic hydroxyl groups excluding tert-OH is 2. The molecule has 1 fully saturated rings. The molecule has 2 N–H and O–H groups in total. The summed E-state index contributed by atoms with van der Waals surface area (Å²) in [5, 5.41) is 18.5. The third kappa shape index (κ3) is 5.37. The fourth-order valence-corrected chi connectivity index (χ4v) is 3.33. The third-order valence-corrected chi connectivity index (χ3v) is 4.69. The lowest BCUT2D eigenvalue weighted by atomic mass is 9.96. The number of rotatable bonds is 7. The number of benzene rings is 1. The molecule has 2 rings (SSSR count). The van der Waals surface area contributed by atoms with Crippen molar-refractivity contribution in [3.05, 3.63) is 35.1 Å². The minimum absolute atomic E-state index is 0.00360. The van der Waals surface area contributed by atoms with Crippen molar-refractivity contribution in [1.29, 1.82) is 0 Å². The van der Waals surface area contributed by atoms with Crippen molar-refractivity contribution >= 4 is 0 Å². The molecule has 1 aromatic carbocycles. The van der Waals surface area contributed by atoms with Gasteiger partial charge in [-0.1, -0.05) is 6.07 Å². The summed E-state index contributed by atoms with van der Waals surface area (Å²) in [5.74, 6) is -0.672. The van der Waals surface area contributed by atoms with E-state index in [1.807, 2.05) is 16.8 Å². The summed E-state index contributed by atoms with van der Waals surface area (Å²) in [7, 11) is 1.88. The van der Waals surface area contributed by atoms with Gasteiger partial charge in [0.25, 0.3) is 0 Å². The lowest BCUT2D eigenvalue weighted by Crippen LogP contribution is -2.33. The molecule has 25 heavy (non-hydrogen) atoms. The SMILES string of the molecule is CN(CCO)C[C@@H]1CN(Cc2ccc(C(F)(F)F)cc2F)C[C@@H]1CO. The molecule has 1 aliphatic heterocycles. The molecule has 0 spiro atoms. The van der Waals surface area contributed by atoms with Gasteiger partial charge in [0, 0.05) is 44.9 Å². The third-order valence-electron chi connectivity index (χ3n) is 4.69. The fraction of sp³-hybridized carbons (Fsp3) is 0.647. The monoisotopic (exact) mass is 364 g/mol. The van der Waals surface area contributed by atoms with Crippen molar-refractivity contribution in [2.75, 3.05) is 46.4 Å². The van der Waals surface area contributed by atoms with Crippen LogP contribution in [-0.4, -0.2) is 66.5 Å². The van der Waals surface area contributed by atoms with Crippen LogP contribution in [0, 0.1) is 17.7 Å². The average Bonchev–Trinajstić information content (AvgIpc) is 2.90. The maximum absolute atomic E-state index is 14.0. The summed E-state index contributed by atoms with van der Waals surface area (Å²) in [6.45, 7) is 2.67. The van der Waals surface area contributed by atoms with E-state index in [1.54, 1.807) is 0 Å². The van der Waals surface area contributed by atoms with Gasteiger partial charge in [-0.15, -0.1) is 0 Å². The van der Waals surface area contributed by atoms with E-state index in [4.69, 9.17) is 5.11 Å². The number of hydrogen-bond donors (Lipinski definition) is 2. The van der Waals surface area contributed by atoms with Crippen molar-refractivity contribution in [3.63, 3.8) is 0 Å². The highest BCUT2D eigenvalue weighted by Gasteiger charge is 2.34. The molecule has 0 unspecified atom stereocenters. The largest absolute Gasteiger partial charge is 0.416 e. The Hall–Kier alpha value is -1.22. The predicted molar refractivity (Wildman–Crippen MR) is 85.3 cm³/mol. The van der Waals surface area contributed by atoms with Crippen molar-refractivity contribution in [1.82, 2.24) is 9.80 Å². The van der Waals surface area contributed by atoms with Crippen molar-refractivity contribution < 1.29 is 27.8 Å². The summed E-state index contributed by atoms with van der Waals surface area (Å²) in [4.78, 5) is 3.92. The lowest BCUT2D eigenvalue weighted by molar-refractivity contribution is -0.137. The van der Waals surface area contributed by atoms with Gasteiger partial charge in [-0.25, -0.2) is 4.39 Å². The van der Waals surface area contributed by atoms with Crippen molar-refractivity contribution in [2.45, 2.75) is 12.7 Å². The summed E-state index contributed by atoms with van der Waals surface area (Å²) in [5.41, 5.74) is -0.777. The molecule has 8 heteroatoms. The van der Waals surface area contributed by atoms with E-state index >= 15 is 0 Å². The van der Waals surface area contributed by atoms with Crippen LogP contribution in [0.2, 0.25) is 0 Å². The highest BCUT2D eigenvalue weighted by Crippen LogP contribution is 2.31. The molecular weight excluding hydrogens is 340 g/mol. The molecule has 0 aromatic heterocycles. The Morgan fingerprint density at radius 3 is 2.44 bits per heavy atom. The van der Waals surface area contributed by atoms with E-state index in [-0.39, 0.29) is 37.2 Å². The van der Waals surface area contributed by atoms with Gasteiger partial charge < -0.3 is 15.1 Å². The first-order chi connectivity index (χ1) is 11.7. The molecular formula is C17H24F4N2O2. The molecule has 1 heterocycles. The van der Waals surface area contributed by atoms with Crippen LogP contribution in [0.15, 0.2) is 18.2 Å². The van der Waals surface area contributed by atoms with Gasteiger partial charge in [0.2, 0.25) is 0 Å². The minimum atomic E-state index is -4.56. The number of hydrogen-bond acceptors (Lipinski definition) is 4. The average molecular weight is 364 g/mol. The van der Waals surface area contributed by atoms with Crippen LogP contribution < -0.4 is 0 Å². The smallest absolute Gasteiger partial charge is 0.396 e. The normalized spacial score (nSPS) is 22.1. The first-order valence-electron chi connectivity index (χ1n) is 8.22. The first kappa shape index (κ1) is 20.1. The van der Waals surface area contributed by atoms with Crippen LogP contribution in [0.1, 0.15) is 11.1 Å². The zero-order chi connectivity index (χ0) is 18.6. The minimum Gasteiger partial charge on any atom is -0.396 e. The van der Waals surface area contributed by atoms with Gasteiger partial charge in [-0.3, -0.25) is 4.90 Å². The van der Waals surface area contributed by atoms with E-state index < -0.39 is 17.6 Å². The Labute approximate surface area is 144 Å². The van der Waals surface area contributed by atoms with Crippen LogP contribution >= 0.6 is 0 Å². The standard InChI is InChI=1S/C17H24F4N2O2/c1-22(4-5-24)7-13-9-23(10-14(13)11-25)8-12-2-3-15(6-16(12)18)17(19,20)21/h2-3,6,13-14,24-25H,4-5,7-11H2,1H3/t13-,14-/m1/s1. The van der Waals surface area contributed by atoms with Gasteiger partial charge in [0.1, 0.15) is 5.82 Å². The molecule has 0 amide bonds. The molecule has 1 saturated heterocycles. The molecule has 1 aromatic rings. The number of likely N-dealkylation sites (tertiary alicyclic amines) is 1. The second-order valence-electron chi connectivity index (χ2n) is 6.69. The molecule has 0 saturated carbocycles. The number of alkyl halides is 3. The molecule has 0 radical (unpaired) electrons. The molecule has 2 atom stereocenters. The van der Waals surface area contributed by atoms with Gasteiger partial charge in [-0.05, 0) is 31.0 Å². The molecule has 142 valence electrons. The van der Waals surface area contributed by atoms with Crippen LogP contribution in [0.25, 0.3) is 0 Å². The molecule has 1 aliphatic rings. The van der Waals surface area contributed by atoms with Crippen LogP contribution in [0.3, 0.4) is 0 Å². The Balaban J connectivity index is 2.01. The lowest BCUT2D eigenvalue weighted by Gasteiger charge is -2.23. The quantitative estimate of drug-likeness (QED) is 0.725. The maximum Gasteiger partial charge on any atom is 0.416 e. The summed E-state index contributed by atoms with van der Waals surface area (Å²) in [6, 6.07) is 2.60. The highest BCUT2D eigenvalue weighted by molar-refractivity contribution is 5.26. The van der Waals surface area contributed by atoms with E-state index in [2.05, 4.69) is 0 Å². The number of likely N-dealkylation sites (N-methyl/N-ethyl adjacent to an activating group) is 1. The Morgan fingerprint density at radius 2 is 1.88 bits per heavy atom. The van der Waals surface area contributed by atoms with Gasteiger partial charge >= 0.3 is 6.18 Å². The summed E-state index contributed by atoms with van der Waals surface area (Å²) in [6.07, 6.45) is -4.56. The Bertz CT molecular complexity index is 568. The number of halogens is 4. The fourth-order valence-electron chi connectivity index (χ4n) is 3.33. The van der Waals surface area contributed by atoms with Gasteiger partial charge in [0.15, 0.2) is 0 Å². The number of aliphatic hydroxyl groups is 2. The van der Waals surface area contributed by atoms with Gasteiger partial charge in [0.05, 0.1) is 12.2 Å². The zero-order valence-corrected chi connectivity index (χ0v) is 14.1. The van der Waals surface area contributed by atoms with E-state index in [0.717, 1.165) is 6.07 Å². The summed E-state index contributed by atoms with van der Waals surface area (Å²) < 4.78 is 51.8. The Morgan fingerprint density at radius 1 is 1.20 bits per heavy atom. The predicted octanol–water partition coefficient (Wildman–Crippen LogP) is 1.81. The second kappa shape index (κ2) is 8.44. The van der Waals surface area contributed by atoms with E-state index in [0.29, 0.717) is 32.2 Å². The second-order valence-corrected chi connectivity index (χ2v) is 6.69. The maximum atomic E-state index is 14.0. The molecule has 4 nitrogen and oxygen atoms in total.